The van der Waals surface area contributed by atoms with Crippen molar-refractivity contribution in [1.82, 2.24) is 15.0 Å². The van der Waals surface area contributed by atoms with Crippen molar-refractivity contribution >= 4 is 33.3 Å². The topological polar surface area (TPSA) is 91.4 Å². The molecule has 1 amide bonds. The van der Waals surface area contributed by atoms with Gasteiger partial charge in [0.2, 0.25) is 15.9 Å². The summed E-state index contributed by atoms with van der Waals surface area (Å²) in [5, 5.41) is 2.50. The number of carbonyl (C=O) groups excluding carboxylic acids is 1. The Morgan fingerprint density at radius 3 is 2.52 bits per heavy atom. The summed E-state index contributed by atoms with van der Waals surface area (Å²) in [5.74, 6) is -0.498. The molecule has 12 heteroatoms. The fourth-order valence-electron chi connectivity index (χ4n) is 2.73. The number of amides is 1. The maximum absolute atomic E-state index is 12.7. The van der Waals surface area contributed by atoms with Crippen LogP contribution in [-0.4, -0.2) is 51.7 Å². The fourth-order valence-corrected chi connectivity index (χ4v) is 3.59. The number of hydrogen-bond acceptors (Lipinski definition) is 5. The molecule has 2 N–H and O–H groups in total. The summed E-state index contributed by atoms with van der Waals surface area (Å²) in [7, 11) is -2.09. The quantitative estimate of drug-likeness (QED) is 0.718. The van der Waals surface area contributed by atoms with E-state index in [1.54, 1.807) is 4.90 Å². The second-order valence-electron chi connectivity index (χ2n) is 6.10. The van der Waals surface area contributed by atoms with Gasteiger partial charge in [-0.15, -0.1) is 0 Å². The molecule has 0 atom stereocenters. The average molecular weight is 429 g/mol. The zero-order valence-electron chi connectivity index (χ0n) is 14.5. The van der Waals surface area contributed by atoms with Gasteiger partial charge in [-0.2, -0.15) is 13.2 Å². The van der Waals surface area contributed by atoms with Crippen molar-refractivity contribution in [3.8, 4) is 0 Å². The van der Waals surface area contributed by atoms with Gasteiger partial charge >= 0.3 is 6.18 Å². The number of aromatic nitrogens is 1. The average Bonchev–Trinajstić information content (AvgIpc) is 2.61. The van der Waals surface area contributed by atoms with E-state index in [1.807, 2.05) is 0 Å². The number of anilines is 1. The molecule has 0 bridgehead atoms. The normalized spacial score (nSPS) is 16.4. The molecule has 1 aromatic heterocycles. The third-order valence-corrected chi connectivity index (χ3v) is 5.94. The van der Waals surface area contributed by atoms with Crippen molar-refractivity contribution in [2.75, 3.05) is 37.3 Å². The monoisotopic (exact) mass is 428 g/mol. The second kappa shape index (κ2) is 8.61. The first kappa shape index (κ1) is 21.7. The molecule has 0 aliphatic carbocycles. The standard InChI is InChI=1S/C15H20ClF3N4O3S/c1-20-27(25,26)7-4-21-14(24)10-2-5-23(6-3-10)13-12(16)8-11(9-22-13)15(17,18)19/h8-10,20H,2-7H2,1H3,(H,21,24). The van der Waals surface area contributed by atoms with E-state index < -0.39 is 21.8 Å². The largest absolute Gasteiger partial charge is 0.417 e. The van der Waals surface area contributed by atoms with Crippen molar-refractivity contribution in [2.45, 2.75) is 19.0 Å². The van der Waals surface area contributed by atoms with E-state index in [4.69, 9.17) is 11.6 Å². The van der Waals surface area contributed by atoms with Crippen molar-refractivity contribution in [3.63, 3.8) is 0 Å². The van der Waals surface area contributed by atoms with Crippen molar-refractivity contribution in [1.29, 1.82) is 0 Å². The third-order valence-electron chi connectivity index (χ3n) is 4.30. The molecular weight excluding hydrogens is 409 g/mol. The molecule has 0 spiro atoms. The van der Waals surface area contributed by atoms with Crippen LogP contribution in [-0.2, 0) is 21.0 Å². The molecule has 1 aliphatic heterocycles. The maximum atomic E-state index is 12.7. The van der Waals surface area contributed by atoms with Crippen LogP contribution >= 0.6 is 11.6 Å². The van der Waals surface area contributed by atoms with Crippen molar-refractivity contribution in [3.05, 3.63) is 22.8 Å². The van der Waals surface area contributed by atoms with Gasteiger partial charge in [0.25, 0.3) is 0 Å². The highest BCUT2D eigenvalue weighted by atomic mass is 35.5. The second-order valence-corrected chi connectivity index (χ2v) is 8.56. The minimum atomic E-state index is -4.51. The summed E-state index contributed by atoms with van der Waals surface area (Å²) in [4.78, 5) is 17.7. The Labute approximate surface area is 160 Å². The Morgan fingerprint density at radius 2 is 2.00 bits per heavy atom. The number of alkyl halides is 3. The van der Waals surface area contributed by atoms with Crippen LogP contribution in [0.25, 0.3) is 0 Å². The highest BCUT2D eigenvalue weighted by Gasteiger charge is 2.33. The van der Waals surface area contributed by atoms with Crippen LogP contribution in [0.1, 0.15) is 18.4 Å². The molecule has 1 aliphatic rings. The van der Waals surface area contributed by atoms with Crippen LogP contribution in [0.3, 0.4) is 0 Å². The highest BCUT2D eigenvalue weighted by Crippen LogP contribution is 2.34. The van der Waals surface area contributed by atoms with E-state index in [9.17, 15) is 26.4 Å². The number of rotatable bonds is 6. The van der Waals surface area contributed by atoms with Crippen LogP contribution in [0.15, 0.2) is 12.3 Å². The van der Waals surface area contributed by atoms with E-state index in [0.29, 0.717) is 25.9 Å². The molecule has 0 unspecified atom stereocenters. The highest BCUT2D eigenvalue weighted by molar-refractivity contribution is 7.89. The summed E-state index contributed by atoms with van der Waals surface area (Å²) < 4.78 is 62.8. The maximum Gasteiger partial charge on any atom is 0.417 e. The lowest BCUT2D eigenvalue weighted by molar-refractivity contribution is -0.137. The number of nitrogens with zero attached hydrogens (tertiary/aromatic N) is 2. The third kappa shape index (κ3) is 5.94. The van der Waals surface area contributed by atoms with Gasteiger partial charge in [-0.25, -0.2) is 18.1 Å². The van der Waals surface area contributed by atoms with Crippen LogP contribution in [0, 0.1) is 5.92 Å². The van der Waals surface area contributed by atoms with Crippen LogP contribution in [0.5, 0.6) is 0 Å². The molecule has 2 heterocycles. The lowest BCUT2D eigenvalue weighted by atomic mass is 9.96. The van der Waals surface area contributed by atoms with Gasteiger partial charge in [0.05, 0.1) is 16.3 Å². The van der Waals surface area contributed by atoms with Crippen LogP contribution in [0.4, 0.5) is 19.0 Å². The van der Waals surface area contributed by atoms with Gasteiger partial charge in [-0.05, 0) is 26.0 Å². The molecule has 1 aromatic rings. The molecule has 27 heavy (non-hydrogen) atoms. The molecule has 7 nitrogen and oxygen atoms in total. The van der Waals surface area contributed by atoms with Gasteiger partial charge in [0.15, 0.2) is 0 Å². The minimum absolute atomic E-state index is 0.00844. The Balaban J connectivity index is 1.89. The van der Waals surface area contributed by atoms with Gasteiger partial charge in [0.1, 0.15) is 5.82 Å². The van der Waals surface area contributed by atoms with Crippen LogP contribution < -0.4 is 14.9 Å². The number of piperidine rings is 1. The Bertz CT molecular complexity index is 781. The van der Waals surface area contributed by atoms with E-state index in [1.165, 1.54) is 7.05 Å². The molecule has 152 valence electrons. The number of halogens is 4. The summed E-state index contributed by atoms with van der Waals surface area (Å²) >= 11 is 5.95. The smallest absolute Gasteiger partial charge is 0.355 e. The Kier molecular flexibility index (Phi) is 6.92. The Hall–Kier alpha value is -1.59. The first-order chi connectivity index (χ1) is 12.5. The van der Waals surface area contributed by atoms with E-state index in [-0.39, 0.29) is 35.0 Å². The number of sulfonamides is 1. The van der Waals surface area contributed by atoms with Crippen LogP contribution in [0.2, 0.25) is 5.02 Å². The van der Waals surface area contributed by atoms with Gasteiger partial charge in [-0.1, -0.05) is 11.6 Å². The molecule has 0 saturated carbocycles. The minimum Gasteiger partial charge on any atom is -0.355 e. The molecule has 1 saturated heterocycles. The molecular formula is C15H20ClF3N4O3S. The zero-order valence-corrected chi connectivity index (χ0v) is 16.1. The van der Waals surface area contributed by atoms with E-state index in [2.05, 4.69) is 15.0 Å². The summed E-state index contributed by atoms with van der Waals surface area (Å²) in [6.45, 7) is 0.824. The van der Waals surface area contributed by atoms with Crippen molar-refractivity contribution in [2.24, 2.45) is 5.92 Å². The first-order valence-electron chi connectivity index (χ1n) is 8.20. The van der Waals surface area contributed by atoms with Crippen molar-refractivity contribution < 1.29 is 26.4 Å². The summed E-state index contributed by atoms with van der Waals surface area (Å²) in [6.07, 6.45) is -2.85. The molecule has 1 fully saturated rings. The lowest BCUT2D eigenvalue weighted by Crippen LogP contribution is -2.42. The number of hydrogen-bond donors (Lipinski definition) is 2. The molecule has 0 radical (unpaired) electrons. The SMILES string of the molecule is CNS(=O)(=O)CCNC(=O)C1CCN(c2ncc(C(F)(F)F)cc2Cl)CC1. The number of carbonyl (C=O) groups is 1. The van der Waals surface area contributed by atoms with Gasteiger partial charge in [0, 0.05) is 31.7 Å². The first-order valence-corrected chi connectivity index (χ1v) is 10.2. The Morgan fingerprint density at radius 1 is 1.37 bits per heavy atom. The van der Waals surface area contributed by atoms with E-state index >= 15 is 0 Å². The fraction of sp³-hybridized carbons (Fsp3) is 0.600. The zero-order chi connectivity index (χ0) is 20.2. The predicted molar refractivity (Wildman–Crippen MR) is 95.0 cm³/mol. The van der Waals surface area contributed by atoms with Gasteiger partial charge < -0.3 is 10.2 Å². The van der Waals surface area contributed by atoms with Gasteiger partial charge in [-0.3, -0.25) is 4.79 Å². The predicted octanol–water partition coefficient (Wildman–Crippen LogP) is 1.64. The number of nitrogens with one attached hydrogen (secondary N) is 2. The number of pyridine rings is 1. The summed E-state index contributed by atoms with van der Waals surface area (Å²) in [6, 6.07) is 0.838. The molecule has 2 rings (SSSR count). The summed E-state index contributed by atoms with van der Waals surface area (Å²) in [5.41, 5.74) is -0.915. The van der Waals surface area contributed by atoms with E-state index in [0.717, 1.165) is 12.3 Å². The lowest BCUT2D eigenvalue weighted by Gasteiger charge is -2.32. The molecule has 0 aromatic carbocycles.